The second kappa shape index (κ2) is 31.4. The van der Waals surface area contributed by atoms with Gasteiger partial charge in [0, 0.05) is 48.2 Å². The van der Waals surface area contributed by atoms with Crippen LogP contribution >= 0.6 is 0 Å². The lowest BCUT2D eigenvalue weighted by molar-refractivity contribution is -0.165. The number of hydrogen-bond donors (Lipinski definition) is 3. The van der Waals surface area contributed by atoms with Gasteiger partial charge in [-0.2, -0.15) is 0 Å². The lowest BCUT2D eigenvalue weighted by Crippen LogP contribution is -2.63. The summed E-state index contributed by atoms with van der Waals surface area (Å²) in [5.41, 5.74) is -0.414. The van der Waals surface area contributed by atoms with Gasteiger partial charge in [-0.1, -0.05) is 94.2 Å². The lowest BCUT2D eigenvalue weighted by atomic mass is 9.92. The first-order valence-corrected chi connectivity index (χ1v) is 29.6. The van der Waals surface area contributed by atoms with Gasteiger partial charge >= 0.3 is 11.9 Å². The third kappa shape index (κ3) is 18.3. The molecule has 1 aromatic carbocycles. The molecular weight excluding hydrogens is 1080 g/mol. The highest BCUT2D eigenvalue weighted by atomic mass is 16.6. The van der Waals surface area contributed by atoms with Crippen molar-refractivity contribution in [1.82, 2.24) is 45.3 Å². The van der Waals surface area contributed by atoms with E-state index in [0.29, 0.717) is 37.0 Å². The Hall–Kier alpha value is -6.81. The van der Waals surface area contributed by atoms with Crippen molar-refractivity contribution in [3.63, 3.8) is 0 Å². The van der Waals surface area contributed by atoms with E-state index in [-0.39, 0.29) is 19.4 Å². The standard InChI is InChI=1S/C61H99N9O14/c1-21-37(9)50-52(73)62-33-45(71)66(16)48(35(5)6)53(74)63-42(31-40-26-28-41(82-20)29-27-40)60(81)83-39(11)55(76)70-30-24-23-25-43(70)56(77)67(17)49(36(7)8)54(75)64-47(34(3)4)58(79)65(15)44(32-46(72)84-61(12,13)14)57(78)69(19)51(38(10)22-2)59(80)68(50)18/h26-29,34-39,42-44,47-51H,21-25,30-33H2,1-20H3,(H,62,73)(H,63,74)(H,64,75)/t37-,38-,39-,42-,43-,44-,47-,48-,49-,50-,51-/m0/s1. The second-order valence-corrected chi connectivity index (χ2v) is 24.8. The smallest absolute Gasteiger partial charge is 0.329 e. The fourth-order valence-electron chi connectivity index (χ4n) is 11.0. The first-order valence-electron chi connectivity index (χ1n) is 29.6. The summed E-state index contributed by atoms with van der Waals surface area (Å²) < 4.78 is 16.9. The van der Waals surface area contributed by atoms with Crippen LogP contribution in [0.4, 0.5) is 0 Å². The van der Waals surface area contributed by atoms with E-state index in [4.69, 9.17) is 14.2 Å². The van der Waals surface area contributed by atoms with Crippen molar-refractivity contribution in [3.8, 4) is 5.75 Å². The van der Waals surface area contributed by atoms with Crippen LogP contribution in [-0.2, 0) is 68.6 Å². The maximum Gasteiger partial charge on any atom is 0.329 e. The maximum atomic E-state index is 15.2. The topological polar surface area (TPSA) is 271 Å². The minimum Gasteiger partial charge on any atom is -0.497 e. The van der Waals surface area contributed by atoms with E-state index >= 15 is 9.59 Å². The Morgan fingerprint density at radius 3 is 1.68 bits per heavy atom. The second-order valence-electron chi connectivity index (χ2n) is 24.8. The van der Waals surface area contributed by atoms with Crippen LogP contribution in [0, 0.1) is 29.6 Å². The maximum absolute atomic E-state index is 15.2. The zero-order chi connectivity index (χ0) is 64.0. The van der Waals surface area contributed by atoms with Crippen LogP contribution in [0.3, 0.4) is 0 Å². The predicted octanol–water partition coefficient (Wildman–Crippen LogP) is 3.58. The molecule has 11 atom stereocenters. The number of ether oxygens (including phenoxy) is 3. The number of esters is 2. The van der Waals surface area contributed by atoms with E-state index < -0.39 is 168 Å². The number of amides is 9. The highest BCUT2D eigenvalue weighted by Crippen LogP contribution is 2.27. The Labute approximate surface area is 498 Å². The van der Waals surface area contributed by atoms with Crippen LogP contribution in [0.25, 0.3) is 0 Å². The molecule has 0 bridgehead atoms. The van der Waals surface area contributed by atoms with E-state index in [0.717, 1.165) is 9.80 Å². The quantitative estimate of drug-likeness (QED) is 0.253. The molecule has 3 N–H and O–H groups in total. The lowest BCUT2D eigenvalue weighted by Gasteiger charge is -2.41. The summed E-state index contributed by atoms with van der Waals surface area (Å²) in [6.07, 6.45) is -0.194. The van der Waals surface area contributed by atoms with Gasteiger partial charge in [0.1, 0.15) is 59.7 Å². The number of fused-ring (bicyclic) bond motifs is 1. The molecule has 2 aliphatic rings. The minimum atomic E-state index is -1.59. The molecule has 472 valence electrons. The summed E-state index contributed by atoms with van der Waals surface area (Å²) in [5.74, 6) is -10.4. The molecule has 1 aromatic rings. The number of carbonyl (C=O) groups is 11. The molecule has 23 nitrogen and oxygen atoms in total. The summed E-state index contributed by atoms with van der Waals surface area (Å²) in [6, 6.07) is -3.55. The summed E-state index contributed by atoms with van der Waals surface area (Å²) in [6.45, 7) is 23.2. The largest absolute Gasteiger partial charge is 0.497 e. The van der Waals surface area contributed by atoms with Crippen LogP contribution in [0.5, 0.6) is 5.75 Å². The van der Waals surface area contributed by atoms with Crippen molar-refractivity contribution in [2.75, 3.05) is 55.4 Å². The van der Waals surface area contributed by atoms with Crippen LogP contribution in [0.2, 0.25) is 0 Å². The molecule has 0 saturated carbocycles. The molecule has 2 aliphatic heterocycles. The molecular formula is C61H99N9O14. The molecule has 2 saturated heterocycles. The number of nitrogens with one attached hydrogen (secondary N) is 3. The molecule has 0 radical (unpaired) electrons. The molecule has 84 heavy (non-hydrogen) atoms. The summed E-state index contributed by atoms with van der Waals surface area (Å²) in [5, 5.41) is 8.30. The van der Waals surface area contributed by atoms with Crippen molar-refractivity contribution in [3.05, 3.63) is 29.8 Å². The van der Waals surface area contributed by atoms with Gasteiger partial charge in [0.2, 0.25) is 47.3 Å². The van der Waals surface area contributed by atoms with E-state index in [9.17, 15) is 43.2 Å². The first-order chi connectivity index (χ1) is 39.1. The third-order valence-corrected chi connectivity index (χ3v) is 16.2. The van der Waals surface area contributed by atoms with Gasteiger partial charge in [0.05, 0.1) is 20.1 Å². The van der Waals surface area contributed by atoms with Crippen molar-refractivity contribution in [1.29, 1.82) is 0 Å². The number of cyclic esters (lactones) is 1. The Bertz CT molecular complexity index is 2500. The average molecular weight is 1180 g/mol. The minimum absolute atomic E-state index is 0.112. The Morgan fingerprint density at radius 2 is 1.15 bits per heavy atom. The third-order valence-electron chi connectivity index (χ3n) is 16.2. The van der Waals surface area contributed by atoms with Gasteiger partial charge in [0.15, 0.2) is 6.10 Å². The number of methoxy groups -OCH3 is 1. The molecule has 0 aliphatic carbocycles. The number of hydrogen-bond acceptors (Lipinski definition) is 14. The molecule has 0 aromatic heterocycles. The van der Waals surface area contributed by atoms with Gasteiger partial charge in [0.25, 0.3) is 5.91 Å². The SMILES string of the molecule is CC[C@H](C)[C@H]1C(=O)NCC(=O)N(C)[C@@H](C(C)C)C(=O)N[C@@H](Cc2ccc(OC)cc2)C(=O)O[C@@H](C)C(=O)N2CCCC[C@H]2C(=O)N(C)[C@@H](C(C)C)C(=O)N[C@@H](C(C)C)C(=O)N(C)[C@@H](CC(=O)OC(C)(C)C)C(=O)N(C)[C@@H]([C@@H](C)CC)C(=O)N1C. The zero-order valence-corrected chi connectivity index (χ0v) is 53.7. The molecule has 2 heterocycles. The summed E-state index contributed by atoms with van der Waals surface area (Å²) in [7, 11) is 8.45. The van der Waals surface area contributed by atoms with Gasteiger partial charge in [-0.05, 0) is 94.2 Å². The van der Waals surface area contributed by atoms with E-state index in [1.807, 2.05) is 13.8 Å². The fraction of sp³-hybridized carbons (Fsp3) is 0.721. The number of benzene rings is 1. The van der Waals surface area contributed by atoms with Crippen LogP contribution < -0.4 is 20.7 Å². The van der Waals surface area contributed by atoms with Gasteiger partial charge in [-0.3, -0.25) is 47.9 Å². The van der Waals surface area contributed by atoms with Crippen LogP contribution in [0.1, 0.15) is 141 Å². The van der Waals surface area contributed by atoms with Gasteiger partial charge in [-0.25, -0.2) is 4.79 Å². The Balaban J connectivity index is 2.31. The number of rotatable bonds is 12. The van der Waals surface area contributed by atoms with Gasteiger partial charge < -0.3 is 59.6 Å². The first kappa shape index (κ1) is 71.5. The zero-order valence-electron chi connectivity index (χ0n) is 53.7. The van der Waals surface area contributed by atoms with Crippen LogP contribution in [-0.4, -0.2) is 210 Å². The summed E-state index contributed by atoms with van der Waals surface area (Å²) in [4.78, 5) is 168. The van der Waals surface area contributed by atoms with Gasteiger partial charge in [-0.15, -0.1) is 0 Å². The molecule has 9 amide bonds. The fourth-order valence-corrected chi connectivity index (χ4v) is 11.0. The number of nitrogens with zero attached hydrogens (tertiary/aromatic N) is 6. The summed E-state index contributed by atoms with van der Waals surface area (Å²) >= 11 is 0. The monoisotopic (exact) mass is 1180 g/mol. The number of likely N-dealkylation sites (N-methyl/N-ethyl adjacent to an activating group) is 5. The predicted molar refractivity (Wildman–Crippen MR) is 315 cm³/mol. The molecule has 0 unspecified atom stereocenters. The molecule has 3 rings (SSSR count). The van der Waals surface area contributed by atoms with Crippen molar-refractivity contribution in [2.45, 2.75) is 202 Å². The Morgan fingerprint density at radius 1 is 0.631 bits per heavy atom. The van der Waals surface area contributed by atoms with Crippen molar-refractivity contribution < 1.29 is 67.0 Å². The highest BCUT2D eigenvalue weighted by Gasteiger charge is 2.46. The van der Waals surface area contributed by atoms with Crippen molar-refractivity contribution >= 4 is 65.1 Å². The van der Waals surface area contributed by atoms with Crippen LogP contribution in [0.15, 0.2) is 24.3 Å². The number of piperidine rings is 1. The van der Waals surface area contributed by atoms with E-state index in [1.54, 1.807) is 100 Å². The average Bonchev–Trinajstić information content (AvgIpc) is 3.43. The molecule has 2 fully saturated rings. The van der Waals surface area contributed by atoms with E-state index in [1.165, 1.54) is 68.9 Å². The molecule has 0 spiro atoms. The normalized spacial score (nSPS) is 26.2. The highest BCUT2D eigenvalue weighted by molar-refractivity contribution is 5.99. The van der Waals surface area contributed by atoms with Crippen molar-refractivity contribution in [2.24, 2.45) is 29.6 Å². The van der Waals surface area contributed by atoms with E-state index in [2.05, 4.69) is 16.0 Å². The Kier molecular flexibility index (Phi) is 26.7. The molecule has 23 heteroatoms. The number of carbonyl (C=O) groups excluding carboxylic acids is 11.